The zero-order valence-electron chi connectivity index (χ0n) is 18.5. The summed E-state index contributed by atoms with van der Waals surface area (Å²) in [6.45, 7) is 16.9. The van der Waals surface area contributed by atoms with Crippen LogP contribution in [0.15, 0.2) is 24.3 Å². The zero-order valence-corrected chi connectivity index (χ0v) is 22.5. The third kappa shape index (κ3) is 10.9. The van der Waals surface area contributed by atoms with Gasteiger partial charge < -0.3 is 21.9 Å². The molecule has 0 aromatic heterocycles. The molecule has 0 radical (unpaired) electrons. The monoisotopic (exact) mass is 446 g/mol. The second-order valence-electron chi connectivity index (χ2n) is 9.06. The van der Waals surface area contributed by atoms with E-state index < -0.39 is 34.0 Å². The van der Waals surface area contributed by atoms with Gasteiger partial charge in [-0.3, -0.25) is 0 Å². The Kier molecular flexibility index (Phi) is 8.85. The Hall–Kier alpha value is -0.112. The van der Waals surface area contributed by atoms with Crippen molar-refractivity contribution in [3.63, 3.8) is 0 Å². The third-order valence-corrected chi connectivity index (χ3v) is 17.4. The molecule has 0 spiro atoms. The second-order valence-corrected chi connectivity index (χ2v) is 24.0. The fraction of sp³-hybridized carbons (Fsp3) is 0.667. The van der Waals surface area contributed by atoms with Crippen molar-refractivity contribution in [2.24, 2.45) is 0 Å². The Morgan fingerprint density at radius 1 is 0.741 bits per heavy atom. The molecular weight excluding hydrogens is 409 g/mol. The fourth-order valence-corrected chi connectivity index (χ4v) is 20.6. The van der Waals surface area contributed by atoms with Crippen molar-refractivity contribution in [1.82, 2.24) is 0 Å². The summed E-state index contributed by atoms with van der Waals surface area (Å²) in [6.07, 6.45) is 1.00. The highest BCUT2D eigenvalue weighted by Crippen LogP contribution is 2.25. The highest BCUT2D eigenvalue weighted by Gasteiger charge is 2.43. The highest BCUT2D eigenvalue weighted by atomic mass is 28.5. The maximum Gasteiger partial charge on any atom is 0.320 e. The number of methoxy groups -OCH3 is 1. The summed E-state index contributed by atoms with van der Waals surface area (Å²) in [6, 6.07) is 9.65. The lowest BCUT2D eigenvalue weighted by atomic mass is 10.1. The number of hydrogen-bond acceptors (Lipinski definition) is 5. The molecular formula is C18H38O5Si4. The number of aryl methyl sites for hydroxylation is 1. The molecule has 0 unspecified atom stereocenters. The van der Waals surface area contributed by atoms with Gasteiger partial charge in [-0.1, -0.05) is 24.3 Å². The van der Waals surface area contributed by atoms with Crippen molar-refractivity contribution in [1.29, 1.82) is 0 Å². The summed E-state index contributed by atoms with van der Waals surface area (Å²) >= 11 is 0. The molecule has 1 aromatic rings. The van der Waals surface area contributed by atoms with Crippen LogP contribution in [-0.2, 0) is 30.1 Å². The van der Waals surface area contributed by atoms with Gasteiger partial charge in [0, 0.05) is 7.11 Å². The minimum atomic E-state index is -2.62. The van der Waals surface area contributed by atoms with Crippen molar-refractivity contribution in [2.75, 3.05) is 7.11 Å². The van der Waals surface area contributed by atoms with Crippen LogP contribution in [-0.4, -0.2) is 45.9 Å². The molecule has 0 aliphatic carbocycles. The van der Waals surface area contributed by atoms with Crippen molar-refractivity contribution in [3.8, 4) is 0 Å². The minimum absolute atomic E-state index is 0.649. The van der Waals surface area contributed by atoms with Crippen LogP contribution in [0, 0.1) is 0 Å². The lowest BCUT2D eigenvalue weighted by Gasteiger charge is -2.39. The van der Waals surface area contributed by atoms with E-state index >= 15 is 0 Å². The van der Waals surface area contributed by atoms with E-state index in [1.165, 1.54) is 11.1 Å². The summed E-state index contributed by atoms with van der Waals surface area (Å²) in [4.78, 5) is 10.1. The Morgan fingerprint density at radius 2 is 1.22 bits per heavy atom. The zero-order chi connectivity index (χ0) is 20.9. The van der Waals surface area contributed by atoms with E-state index in [1.807, 2.05) is 13.1 Å². The molecule has 0 atom stereocenters. The standard InChI is InChI=1S/C18H38O5Si4/c1-20-16-18-12-10-17(11-13-18)14-15-24(2,3)21-26(6,7)23-27(8,9)22-25(4,5)19/h10-13,19H,14-16H2,1-9H3. The van der Waals surface area contributed by atoms with Crippen LogP contribution >= 0.6 is 0 Å². The molecule has 0 aliphatic rings. The van der Waals surface area contributed by atoms with Crippen LogP contribution < -0.4 is 0 Å². The molecule has 0 saturated heterocycles. The van der Waals surface area contributed by atoms with Gasteiger partial charge in [-0.05, 0) is 76.0 Å². The Labute approximate surface area is 169 Å². The van der Waals surface area contributed by atoms with Crippen molar-refractivity contribution < 1.29 is 21.9 Å². The molecule has 5 nitrogen and oxygen atoms in total. The van der Waals surface area contributed by atoms with Crippen LogP contribution in [0.2, 0.25) is 58.4 Å². The van der Waals surface area contributed by atoms with Crippen molar-refractivity contribution in [3.05, 3.63) is 35.4 Å². The number of rotatable bonds is 11. The van der Waals surface area contributed by atoms with Gasteiger partial charge in [0.05, 0.1) is 6.61 Å². The minimum Gasteiger partial charge on any atom is -0.436 e. The number of ether oxygens (including phenoxy) is 1. The quantitative estimate of drug-likeness (QED) is 0.498. The van der Waals surface area contributed by atoms with E-state index in [-0.39, 0.29) is 0 Å². The van der Waals surface area contributed by atoms with Crippen molar-refractivity contribution in [2.45, 2.75) is 71.4 Å². The van der Waals surface area contributed by atoms with Crippen LogP contribution in [0.4, 0.5) is 0 Å². The number of hydrogen-bond donors (Lipinski definition) is 1. The summed E-state index contributed by atoms with van der Waals surface area (Å²) in [7, 11) is -7.54. The van der Waals surface area contributed by atoms with Crippen LogP contribution in [0.5, 0.6) is 0 Å². The first-order valence-electron chi connectivity index (χ1n) is 9.53. The molecule has 0 fully saturated rings. The molecule has 1 aromatic carbocycles. The lowest BCUT2D eigenvalue weighted by molar-refractivity contribution is 0.185. The topological polar surface area (TPSA) is 57.2 Å². The summed E-state index contributed by atoms with van der Waals surface area (Å²) in [5.41, 5.74) is 2.52. The normalized spacial score (nSPS) is 13.9. The van der Waals surface area contributed by atoms with Gasteiger partial charge in [0.15, 0.2) is 8.32 Å². The average molecular weight is 447 g/mol. The fourth-order valence-electron chi connectivity index (χ4n) is 3.37. The van der Waals surface area contributed by atoms with E-state index in [9.17, 15) is 4.80 Å². The van der Waals surface area contributed by atoms with Gasteiger partial charge in [0.2, 0.25) is 0 Å². The van der Waals surface area contributed by atoms with Crippen LogP contribution in [0.1, 0.15) is 11.1 Å². The molecule has 1 rings (SSSR count). The first kappa shape index (κ1) is 24.9. The van der Waals surface area contributed by atoms with E-state index in [0.29, 0.717) is 6.61 Å². The highest BCUT2D eigenvalue weighted by molar-refractivity contribution is 6.88. The van der Waals surface area contributed by atoms with Gasteiger partial charge >= 0.3 is 25.7 Å². The summed E-state index contributed by atoms with van der Waals surface area (Å²) in [5.74, 6) is 0. The molecule has 27 heavy (non-hydrogen) atoms. The molecule has 9 heteroatoms. The van der Waals surface area contributed by atoms with Crippen LogP contribution in [0.3, 0.4) is 0 Å². The first-order chi connectivity index (χ1) is 12.1. The molecule has 0 amide bonds. The molecule has 0 saturated carbocycles. The SMILES string of the molecule is COCc1ccc(CC[Si](C)(C)O[Si](C)(C)O[Si](C)(C)O[Si](C)(C)O)cc1. The number of benzene rings is 1. The Bertz CT molecular complexity index is 582. The maximum absolute atomic E-state index is 10.1. The third-order valence-electron chi connectivity index (χ3n) is 3.86. The van der Waals surface area contributed by atoms with Gasteiger partial charge in [0.1, 0.15) is 0 Å². The molecule has 0 aliphatic heterocycles. The molecule has 0 bridgehead atoms. The van der Waals surface area contributed by atoms with E-state index in [1.54, 1.807) is 20.2 Å². The van der Waals surface area contributed by atoms with E-state index in [2.05, 4.69) is 50.5 Å². The van der Waals surface area contributed by atoms with Gasteiger partial charge in [0.25, 0.3) is 0 Å². The van der Waals surface area contributed by atoms with Gasteiger partial charge in [-0.2, -0.15) is 0 Å². The van der Waals surface area contributed by atoms with Crippen LogP contribution in [0.25, 0.3) is 0 Å². The van der Waals surface area contributed by atoms with E-state index in [4.69, 9.17) is 17.1 Å². The van der Waals surface area contributed by atoms with Crippen molar-refractivity contribution >= 4 is 34.0 Å². The average Bonchev–Trinajstić information content (AvgIpc) is 2.41. The summed E-state index contributed by atoms with van der Waals surface area (Å²) < 4.78 is 24.0. The van der Waals surface area contributed by atoms with E-state index in [0.717, 1.165) is 12.5 Å². The Morgan fingerprint density at radius 3 is 1.70 bits per heavy atom. The maximum atomic E-state index is 10.1. The molecule has 0 heterocycles. The largest absolute Gasteiger partial charge is 0.436 e. The van der Waals surface area contributed by atoms with Gasteiger partial charge in [-0.15, -0.1) is 0 Å². The smallest absolute Gasteiger partial charge is 0.320 e. The lowest BCUT2D eigenvalue weighted by Crippen LogP contribution is -2.56. The molecule has 156 valence electrons. The second kappa shape index (κ2) is 9.59. The Balaban J connectivity index is 2.63. The predicted octanol–water partition coefficient (Wildman–Crippen LogP) is 4.73. The molecule has 1 N–H and O–H groups in total. The van der Waals surface area contributed by atoms with Gasteiger partial charge in [-0.25, -0.2) is 0 Å². The first-order valence-corrected chi connectivity index (χ1v) is 21.1. The predicted molar refractivity (Wildman–Crippen MR) is 121 cm³/mol. The summed E-state index contributed by atoms with van der Waals surface area (Å²) in [5, 5.41) is 0.